The van der Waals surface area contributed by atoms with Crippen LogP contribution in [0.4, 0.5) is 11.4 Å². The smallest absolute Gasteiger partial charge is 0.242 e. The Kier molecular flexibility index (Phi) is 3.81. The molecular formula is C16H23N3O. The Morgan fingerprint density at radius 2 is 2.15 bits per heavy atom. The van der Waals surface area contributed by atoms with Crippen LogP contribution in [0.3, 0.4) is 0 Å². The van der Waals surface area contributed by atoms with Crippen molar-refractivity contribution in [1.82, 2.24) is 4.90 Å². The van der Waals surface area contributed by atoms with Gasteiger partial charge in [0.2, 0.25) is 5.91 Å². The third-order valence-corrected chi connectivity index (χ3v) is 4.39. The molecule has 0 spiro atoms. The van der Waals surface area contributed by atoms with E-state index in [1.54, 1.807) is 0 Å². The molecule has 20 heavy (non-hydrogen) atoms. The highest BCUT2D eigenvalue weighted by Crippen LogP contribution is 2.28. The maximum Gasteiger partial charge on any atom is 0.242 e. The average Bonchev–Trinajstić information content (AvgIpc) is 2.48. The van der Waals surface area contributed by atoms with Crippen LogP contribution in [-0.2, 0) is 4.79 Å². The van der Waals surface area contributed by atoms with Crippen LogP contribution < -0.4 is 10.2 Å². The van der Waals surface area contributed by atoms with Crippen molar-refractivity contribution in [3.63, 3.8) is 0 Å². The first-order chi connectivity index (χ1) is 9.75. The summed E-state index contributed by atoms with van der Waals surface area (Å²) in [6, 6.07) is 8.63. The van der Waals surface area contributed by atoms with E-state index in [1.807, 2.05) is 12.1 Å². The summed E-state index contributed by atoms with van der Waals surface area (Å²) in [5.74, 6) is 0.272. The molecule has 0 aromatic heterocycles. The van der Waals surface area contributed by atoms with E-state index in [0.29, 0.717) is 12.6 Å². The Morgan fingerprint density at radius 1 is 1.30 bits per heavy atom. The van der Waals surface area contributed by atoms with Gasteiger partial charge in [-0.3, -0.25) is 4.79 Å². The van der Waals surface area contributed by atoms with E-state index in [0.717, 1.165) is 43.9 Å². The molecule has 1 saturated heterocycles. The number of nitrogens with zero attached hydrogens (tertiary/aromatic N) is 2. The summed E-state index contributed by atoms with van der Waals surface area (Å²) < 4.78 is 0. The van der Waals surface area contributed by atoms with E-state index < -0.39 is 0 Å². The molecule has 0 radical (unpaired) electrons. The molecule has 2 aliphatic rings. The quantitative estimate of drug-likeness (QED) is 0.898. The minimum atomic E-state index is 0.272. The van der Waals surface area contributed by atoms with Crippen LogP contribution in [0.25, 0.3) is 0 Å². The fourth-order valence-corrected chi connectivity index (χ4v) is 3.23. The third kappa shape index (κ3) is 2.60. The molecule has 2 heterocycles. The van der Waals surface area contributed by atoms with Gasteiger partial charge in [-0.2, -0.15) is 0 Å². The molecule has 1 aromatic carbocycles. The molecule has 3 rings (SSSR count). The van der Waals surface area contributed by atoms with E-state index in [4.69, 9.17) is 0 Å². The number of rotatable bonds is 2. The SMILES string of the molecule is CC1CCCCN1C(=O)CN1CCNc2ccccc21. The van der Waals surface area contributed by atoms with E-state index in [1.165, 1.54) is 6.42 Å². The Bertz CT molecular complexity index is 488. The second kappa shape index (κ2) is 5.73. The lowest BCUT2D eigenvalue weighted by atomic mass is 10.0. The number of hydrogen-bond acceptors (Lipinski definition) is 3. The van der Waals surface area contributed by atoms with Gasteiger partial charge in [0.1, 0.15) is 0 Å². The first kappa shape index (κ1) is 13.3. The van der Waals surface area contributed by atoms with Gasteiger partial charge in [-0.05, 0) is 38.3 Å². The summed E-state index contributed by atoms with van der Waals surface area (Å²) in [6.07, 6.45) is 3.54. The zero-order valence-corrected chi connectivity index (χ0v) is 12.1. The van der Waals surface area contributed by atoms with E-state index in [2.05, 4.69) is 34.2 Å². The zero-order valence-electron chi connectivity index (χ0n) is 12.1. The van der Waals surface area contributed by atoms with Crippen molar-refractivity contribution < 1.29 is 4.79 Å². The average molecular weight is 273 g/mol. The standard InChI is InChI=1S/C16H23N3O/c1-13-6-4-5-10-19(13)16(20)12-18-11-9-17-14-7-2-3-8-15(14)18/h2-3,7-8,13,17H,4-6,9-12H2,1H3. The lowest BCUT2D eigenvalue weighted by molar-refractivity contribution is -0.132. The summed E-state index contributed by atoms with van der Waals surface area (Å²) in [5, 5.41) is 3.39. The van der Waals surface area contributed by atoms with Crippen LogP contribution in [-0.4, -0.2) is 43.0 Å². The molecule has 0 aliphatic carbocycles. The molecular weight excluding hydrogens is 250 g/mol. The number of anilines is 2. The van der Waals surface area contributed by atoms with Crippen LogP contribution in [0, 0.1) is 0 Å². The molecule has 108 valence electrons. The molecule has 1 amide bonds. The number of amides is 1. The highest BCUT2D eigenvalue weighted by Gasteiger charge is 2.26. The van der Waals surface area contributed by atoms with Crippen LogP contribution in [0.15, 0.2) is 24.3 Å². The second-order valence-electron chi connectivity index (χ2n) is 5.80. The zero-order chi connectivity index (χ0) is 13.9. The van der Waals surface area contributed by atoms with Gasteiger partial charge in [0, 0.05) is 25.7 Å². The number of nitrogens with one attached hydrogen (secondary N) is 1. The van der Waals surface area contributed by atoms with Gasteiger partial charge in [0.15, 0.2) is 0 Å². The number of para-hydroxylation sites is 2. The first-order valence-corrected chi connectivity index (χ1v) is 7.63. The van der Waals surface area contributed by atoms with Crippen LogP contribution in [0.2, 0.25) is 0 Å². The summed E-state index contributed by atoms with van der Waals surface area (Å²) in [4.78, 5) is 16.8. The Labute approximate surface area is 120 Å². The molecule has 1 unspecified atom stereocenters. The molecule has 4 nitrogen and oxygen atoms in total. The van der Waals surface area contributed by atoms with Gasteiger partial charge in [-0.1, -0.05) is 12.1 Å². The number of benzene rings is 1. The molecule has 1 fully saturated rings. The van der Waals surface area contributed by atoms with Gasteiger partial charge in [-0.15, -0.1) is 0 Å². The Morgan fingerprint density at radius 3 is 3.00 bits per heavy atom. The summed E-state index contributed by atoms with van der Waals surface area (Å²) >= 11 is 0. The minimum absolute atomic E-state index is 0.272. The monoisotopic (exact) mass is 273 g/mol. The normalized spacial score (nSPS) is 22.1. The highest BCUT2D eigenvalue weighted by atomic mass is 16.2. The molecule has 1 N–H and O–H groups in total. The number of carbonyl (C=O) groups excluding carboxylic acids is 1. The molecule has 1 aromatic rings. The van der Waals surface area contributed by atoms with Crippen LogP contribution >= 0.6 is 0 Å². The van der Waals surface area contributed by atoms with Crippen molar-refractivity contribution in [3.8, 4) is 0 Å². The van der Waals surface area contributed by atoms with Crippen molar-refractivity contribution in [3.05, 3.63) is 24.3 Å². The van der Waals surface area contributed by atoms with Crippen molar-refractivity contribution in [2.45, 2.75) is 32.2 Å². The number of fused-ring (bicyclic) bond motifs is 1. The van der Waals surface area contributed by atoms with Crippen molar-refractivity contribution in [2.24, 2.45) is 0 Å². The van der Waals surface area contributed by atoms with E-state index in [-0.39, 0.29) is 5.91 Å². The number of carbonyl (C=O) groups is 1. The molecule has 0 bridgehead atoms. The Balaban J connectivity index is 1.70. The molecule has 1 atom stereocenters. The summed E-state index contributed by atoms with van der Waals surface area (Å²) in [6.45, 7) is 5.39. The van der Waals surface area contributed by atoms with Gasteiger partial charge in [0.25, 0.3) is 0 Å². The van der Waals surface area contributed by atoms with Crippen molar-refractivity contribution in [2.75, 3.05) is 36.4 Å². The van der Waals surface area contributed by atoms with Crippen molar-refractivity contribution >= 4 is 17.3 Å². The molecule has 4 heteroatoms. The van der Waals surface area contributed by atoms with Crippen molar-refractivity contribution in [1.29, 1.82) is 0 Å². The fourth-order valence-electron chi connectivity index (χ4n) is 3.23. The first-order valence-electron chi connectivity index (χ1n) is 7.63. The minimum Gasteiger partial charge on any atom is -0.382 e. The van der Waals surface area contributed by atoms with Crippen LogP contribution in [0.5, 0.6) is 0 Å². The predicted molar refractivity (Wildman–Crippen MR) is 82.2 cm³/mol. The second-order valence-corrected chi connectivity index (χ2v) is 5.80. The lowest BCUT2D eigenvalue weighted by Gasteiger charge is -2.37. The van der Waals surface area contributed by atoms with E-state index in [9.17, 15) is 4.79 Å². The van der Waals surface area contributed by atoms with Gasteiger partial charge in [-0.25, -0.2) is 0 Å². The number of piperidine rings is 1. The third-order valence-electron chi connectivity index (χ3n) is 4.39. The Hall–Kier alpha value is -1.71. The maximum atomic E-state index is 12.6. The van der Waals surface area contributed by atoms with Crippen LogP contribution in [0.1, 0.15) is 26.2 Å². The molecule has 2 aliphatic heterocycles. The highest BCUT2D eigenvalue weighted by molar-refractivity contribution is 5.84. The number of likely N-dealkylation sites (tertiary alicyclic amines) is 1. The predicted octanol–water partition coefficient (Wildman–Crippen LogP) is 2.32. The maximum absolute atomic E-state index is 12.6. The molecule has 0 saturated carbocycles. The summed E-state index contributed by atoms with van der Waals surface area (Å²) in [7, 11) is 0. The largest absolute Gasteiger partial charge is 0.382 e. The topological polar surface area (TPSA) is 35.6 Å². The van der Waals surface area contributed by atoms with E-state index >= 15 is 0 Å². The van der Waals surface area contributed by atoms with Gasteiger partial charge >= 0.3 is 0 Å². The summed E-state index contributed by atoms with van der Waals surface area (Å²) in [5.41, 5.74) is 2.29. The van der Waals surface area contributed by atoms with Gasteiger partial charge in [0.05, 0.1) is 17.9 Å². The van der Waals surface area contributed by atoms with Gasteiger partial charge < -0.3 is 15.1 Å². The number of hydrogen-bond donors (Lipinski definition) is 1. The lowest BCUT2D eigenvalue weighted by Crippen LogP contribution is -2.48. The fraction of sp³-hybridized carbons (Fsp3) is 0.562.